The number of aliphatic carboxylic acids is 1. The number of hydrogen-bond donors (Lipinski definition) is 5. The van der Waals surface area contributed by atoms with Crippen molar-refractivity contribution >= 4 is 23.8 Å². The summed E-state index contributed by atoms with van der Waals surface area (Å²) >= 11 is 0. The Labute approximate surface area is 109 Å². The van der Waals surface area contributed by atoms with Crippen molar-refractivity contribution in [1.82, 2.24) is 10.6 Å². The molecule has 0 spiro atoms. The van der Waals surface area contributed by atoms with Gasteiger partial charge in [0.25, 0.3) is 0 Å². The van der Waals surface area contributed by atoms with E-state index in [1.165, 1.54) is 0 Å². The number of hydrogen-bond acceptors (Lipinski definition) is 4. The van der Waals surface area contributed by atoms with Gasteiger partial charge in [0.15, 0.2) is 0 Å². The first-order chi connectivity index (χ1) is 8.72. The molecule has 4 amide bonds. The summed E-state index contributed by atoms with van der Waals surface area (Å²) < 4.78 is 0. The van der Waals surface area contributed by atoms with Crippen molar-refractivity contribution in [3.63, 3.8) is 0 Å². The number of carboxylic acid groups (broad SMARTS) is 1. The van der Waals surface area contributed by atoms with Crippen molar-refractivity contribution in [2.75, 3.05) is 0 Å². The fourth-order valence-corrected chi connectivity index (χ4v) is 1.32. The number of carbonyl (C=O) groups excluding carboxylic acids is 3. The first-order valence-corrected chi connectivity index (χ1v) is 5.58. The zero-order valence-electron chi connectivity index (χ0n) is 10.5. The van der Waals surface area contributed by atoms with Crippen LogP contribution < -0.4 is 22.1 Å². The molecule has 0 radical (unpaired) electrons. The number of urea groups is 1. The Balaban J connectivity index is 4.27. The van der Waals surface area contributed by atoms with Crippen molar-refractivity contribution in [2.45, 2.75) is 38.3 Å². The first kappa shape index (κ1) is 16.7. The molecule has 0 rings (SSSR count). The molecule has 0 aliphatic heterocycles. The molecule has 108 valence electrons. The maximum Gasteiger partial charge on any atom is 0.326 e. The molecule has 2 atom stereocenters. The highest BCUT2D eigenvalue weighted by Gasteiger charge is 2.21. The van der Waals surface area contributed by atoms with Crippen LogP contribution in [0.4, 0.5) is 4.79 Å². The standard InChI is InChI=1S/C10H18N4O5/c1-5(4-8(12)16)13-10(19)14-6(9(17)18)2-3-7(11)15/h5-6H,2-4H2,1H3,(H2,11,15)(H2,12,16)(H,17,18)(H2,13,14,19)/t5?,6-/m1/s1. The average Bonchev–Trinajstić information content (AvgIpc) is 2.21. The molecule has 0 aliphatic carbocycles. The quantitative estimate of drug-likeness (QED) is 0.354. The van der Waals surface area contributed by atoms with Crippen LogP contribution in [0.15, 0.2) is 0 Å². The molecule has 9 heteroatoms. The van der Waals surface area contributed by atoms with Gasteiger partial charge in [-0.3, -0.25) is 9.59 Å². The molecule has 0 aromatic carbocycles. The van der Waals surface area contributed by atoms with Gasteiger partial charge in [0.05, 0.1) is 0 Å². The lowest BCUT2D eigenvalue weighted by Crippen LogP contribution is -2.49. The van der Waals surface area contributed by atoms with E-state index < -0.39 is 35.9 Å². The third-order valence-electron chi connectivity index (χ3n) is 2.17. The minimum absolute atomic E-state index is 0.0631. The summed E-state index contributed by atoms with van der Waals surface area (Å²) in [6.07, 6.45) is -0.331. The van der Waals surface area contributed by atoms with Crippen LogP contribution in [0.2, 0.25) is 0 Å². The van der Waals surface area contributed by atoms with Gasteiger partial charge in [0.2, 0.25) is 11.8 Å². The monoisotopic (exact) mass is 274 g/mol. The predicted octanol–water partition coefficient (Wildman–Crippen LogP) is -1.73. The molecular weight excluding hydrogens is 256 g/mol. The van der Waals surface area contributed by atoms with E-state index >= 15 is 0 Å². The number of primary amides is 2. The normalized spacial score (nSPS) is 13.1. The molecule has 0 heterocycles. The van der Waals surface area contributed by atoms with E-state index in [1.807, 2.05) is 0 Å². The Morgan fingerprint density at radius 2 is 1.68 bits per heavy atom. The lowest BCUT2D eigenvalue weighted by atomic mass is 10.1. The fraction of sp³-hybridized carbons (Fsp3) is 0.600. The Morgan fingerprint density at radius 3 is 2.11 bits per heavy atom. The number of nitrogens with one attached hydrogen (secondary N) is 2. The Bertz CT molecular complexity index is 371. The van der Waals surface area contributed by atoms with Gasteiger partial charge in [-0.05, 0) is 13.3 Å². The van der Waals surface area contributed by atoms with Gasteiger partial charge in [-0.2, -0.15) is 0 Å². The number of rotatable bonds is 8. The lowest BCUT2D eigenvalue weighted by molar-refractivity contribution is -0.139. The highest BCUT2D eigenvalue weighted by molar-refractivity contribution is 5.84. The van der Waals surface area contributed by atoms with Crippen LogP contribution in [-0.2, 0) is 14.4 Å². The summed E-state index contributed by atoms with van der Waals surface area (Å²) in [5, 5.41) is 13.4. The van der Waals surface area contributed by atoms with Crippen LogP contribution >= 0.6 is 0 Å². The smallest absolute Gasteiger partial charge is 0.326 e. The molecule has 0 aromatic heterocycles. The van der Waals surface area contributed by atoms with Crippen LogP contribution in [-0.4, -0.2) is 41.0 Å². The molecule has 1 unspecified atom stereocenters. The van der Waals surface area contributed by atoms with Gasteiger partial charge in [0.1, 0.15) is 6.04 Å². The fourth-order valence-electron chi connectivity index (χ4n) is 1.32. The molecule has 0 fully saturated rings. The van der Waals surface area contributed by atoms with E-state index in [2.05, 4.69) is 10.6 Å². The third kappa shape index (κ3) is 8.41. The van der Waals surface area contributed by atoms with Crippen LogP contribution in [0.1, 0.15) is 26.2 Å². The van der Waals surface area contributed by atoms with Crippen LogP contribution in [0.3, 0.4) is 0 Å². The minimum atomic E-state index is -1.28. The highest BCUT2D eigenvalue weighted by Crippen LogP contribution is 1.98. The molecule has 0 saturated heterocycles. The summed E-state index contributed by atoms with van der Waals surface area (Å²) in [4.78, 5) is 43.4. The van der Waals surface area contributed by atoms with Crippen molar-refractivity contribution < 1.29 is 24.3 Å². The molecular formula is C10H18N4O5. The van der Waals surface area contributed by atoms with Gasteiger partial charge >= 0.3 is 12.0 Å². The van der Waals surface area contributed by atoms with Gasteiger partial charge in [-0.1, -0.05) is 0 Å². The number of amides is 4. The Hall–Kier alpha value is -2.32. The minimum Gasteiger partial charge on any atom is -0.480 e. The second-order valence-electron chi connectivity index (χ2n) is 4.09. The molecule has 0 saturated carbocycles. The number of carbonyl (C=O) groups is 4. The summed E-state index contributed by atoms with van der Waals surface area (Å²) in [6, 6.07) is -2.51. The molecule has 7 N–H and O–H groups in total. The van der Waals surface area contributed by atoms with E-state index in [-0.39, 0.29) is 19.3 Å². The maximum absolute atomic E-state index is 11.4. The first-order valence-electron chi connectivity index (χ1n) is 5.58. The maximum atomic E-state index is 11.4. The van der Waals surface area contributed by atoms with Gasteiger partial charge in [-0.15, -0.1) is 0 Å². The van der Waals surface area contributed by atoms with Crippen LogP contribution in [0.25, 0.3) is 0 Å². The Kier molecular flexibility index (Phi) is 6.94. The SMILES string of the molecule is CC(CC(N)=O)NC(=O)N[C@H](CCC(N)=O)C(=O)O. The summed E-state index contributed by atoms with van der Waals surface area (Å²) in [5.74, 6) is -2.52. The second kappa shape index (κ2) is 7.90. The molecule has 19 heavy (non-hydrogen) atoms. The van der Waals surface area contributed by atoms with E-state index in [1.54, 1.807) is 6.92 Å². The van der Waals surface area contributed by atoms with Gasteiger partial charge in [-0.25, -0.2) is 9.59 Å². The van der Waals surface area contributed by atoms with E-state index in [9.17, 15) is 19.2 Å². The lowest BCUT2D eigenvalue weighted by Gasteiger charge is -2.17. The van der Waals surface area contributed by atoms with Crippen LogP contribution in [0.5, 0.6) is 0 Å². The van der Waals surface area contributed by atoms with Crippen molar-refractivity contribution in [1.29, 1.82) is 0 Å². The summed E-state index contributed by atoms with van der Waals surface area (Å²) in [7, 11) is 0. The number of carboxylic acids is 1. The number of nitrogens with two attached hydrogens (primary N) is 2. The van der Waals surface area contributed by atoms with Gasteiger partial charge in [0, 0.05) is 18.9 Å². The van der Waals surface area contributed by atoms with Crippen LogP contribution in [0, 0.1) is 0 Å². The summed E-state index contributed by atoms with van der Waals surface area (Å²) in [5.41, 5.74) is 9.84. The topological polar surface area (TPSA) is 165 Å². The zero-order chi connectivity index (χ0) is 15.0. The predicted molar refractivity (Wildman–Crippen MR) is 64.8 cm³/mol. The molecule has 9 nitrogen and oxygen atoms in total. The highest BCUT2D eigenvalue weighted by atomic mass is 16.4. The van der Waals surface area contributed by atoms with Crippen molar-refractivity contribution in [3.05, 3.63) is 0 Å². The van der Waals surface area contributed by atoms with E-state index in [0.717, 1.165) is 0 Å². The molecule has 0 aliphatic rings. The molecule has 0 bridgehead atoms. The molecule has 0 aromatic rings. The van der Waals surface area contributed by atoms with Crippen molar-refractivity contribution in [3.8, 4) is 0 Å². The van der Waals surface area contributed by atoms with Crippen molar-refractivity contribution in [2.24, 2.45) is 11.5 Å². The average molecular weight is 274 g/mol. The second-order valence-corrected chi connectivity index (χ2v) is 4.09. The Morgan fingerprint density at radius 1 is 1.11 bits per heavy atom. The third-order valence-corrected chi connectivity index (χ3v) is 2.17. The van der Waals surface area contributed by atoms with E-state index in [4.69, 9.17) is 16.6 Å². The van der Waals surface area contributed by atoms with E-state index in [0.29, 0.717) is 0 Å². The van der Waals surface area contributed by atoms with Gasteiger partial charge < -0.3 is 27.2 Å². The summed E-state index contributed by atoms with van der Waals surface area (Å²) in [6.45, 7) is 1.55. The zero-order valence-corrected chi connectivity index (χ0v) is 10.5. The largest absolute Gasteiger partial charge is 0.480 e.